The van der Waals surface area contributed by atoms with E-state index in [0.29, 0.717) is 19.3 Å². The number of sulfone groups is 1. The first-order valence-corrected chi connectivity index (χ1v) is 9.09. The van der Waals surface area contributed by atoms with Crippen molar-refractivity contribution in [3.63, 3.8) is 0 Å². The minimum atomic E-state index is -3.10. The Bertz CT molecular complexity index is 669. The molecule has 0 aliphatic carbocycles. The van der Waals surface area contributed by atoms with Gasteiger partial charge < -0.3 is 11.1 Å². The number of carbonyl (C=O) groups excluding carboxylic acids is 1. The lowest BCUT2D eigenvalue weighted by Gasteiger charge is -2.28. The van der Waals surface area contributed by atoms with Crippen LogP contribution in [0.15, 0.2) is 18.2 Å². The van der Waals surface area contributed by atoms with E-state index in [1.54, 1.807) is 0 Å². The van der Waals surface area contributed by atoms with E-state index in [1.165, 1.54) is 0 Å². The normalized spacial score (nSPS) is 25.8. The standard InChI is InChI=1S/C15H20N2O3S/c16-15(13-3-1-2-8-21(13,19)20)11-4-6-12-10(9-11)5-7-14(18)17-12/h4,6,9,13,15H,1-3,5,7-8,16H2,(H,17,18). The third-order valence-electron chi connectivity index (χ3n) is 4.44. The summed E-state index contributed by atoms with van der Waals surface area (Å²) in [6, 6.07) is 5.12. The lowest BCUT2D eigenvalue weighted by molar-refractivity contribution is -0.116. The molecule has 2 atom stereocenters. The number of hydrogen-bond donors (Lipinski definition) is 2. The lowest BCUT2D eigenvalue weighted by atomic mass is 9.95. The molecular formula is C15H20N2O3S. The summed E-state index contributed by atoms with van der Waals surface area (Å²) in [5.74, 6) is 0.265. The molecule has 3 N–H and O–H groups in total. The van der Waals surface area contributed by atoms with Crippen molar-refractivity contribution < 1.29 is 13.2 Å². The maximum atomic E-state index is 12.2. The first-order valence-electron chi connectivity index (χ1n) is 7.37. The van der Waals surface area contributed by atoms with Gasteiger partial charge in [-0.15, -0.1) is 0 Å². The molecule has 5 nitrogen and oxygen atoms in total. The van der Waals surface area contributed by atoms with E-state index in [2.05, 4.69) is 5.32 Å². The van der Waals surface area contributed by atoms with Gasteiger partial charge in [0.05, 0.1) is 11.0 Å². The van der Waals surface area contributed by atoms with E-state index in [9.17, 15) is 13.2 Å². The monoisotopic (exact) mass is 308 g/mol. The smallest absolute Gasteiger partial charge is 0.224 e. The summed E-state index contributed by atoms with van der Waals surface area (Å²) in [6.07, 6.45) is 3.43. The second kappa shape index (κ2) is 5.42. The molecule has 0 saturated carbocycles. The van der Waals surface area contributed by atoms with Crippen LogP contribution < -0.4 is 11.1 Å². The number of aryl methyl sites for hydroxylation is 1. The largest absolute Gasteiger partial charge is 0.326 e. The van der Waals surface area contributed by atoms with Gasteiger partial charge in [-0.1, -0.05) is 18.6 Å². The summed E-state index contributed by atoms with van der Waals surface area (Å²) in [4.78, 5) is 11.4. The van der Waals surface area contributed by atoms with Crippen LogP contribution in [0.3, 0.4) is 0 Å². The fourth-order valence-corrected chi connectivity index (χ4v) is 5.25. The average molecular weight is 308 g/mol. The second-order valence-electron chi connectivity index (χ2n) is 5.89. The number of amides is 1. The van der Waals surface area contributed by atoms with Gasteiger partial charge in [-0.05, 0) is 36.5 Å². The molecule has 2 unspecified atom stereocenters. The van der Waals surface area contributed by atoms with Crippen LogP contribution in [-0.4, -0.2) is 25.3 Å². The highest BCUT2D eigenvalue weighted by Crippen LogP contribution is 2.32. The van der Waals surface area contributed by atoms with Gasteiger partial charge in [0.15, 0.2) is 9.84 Å². The van der Waals surface area contributed by atoms with Crippen molar-refractivity contribution in [2.75, 3.05) is 11.1 Å². The molecule has 2 aliphatic rings. The van der Waals surface area contributed by atoms with E-state index in [4.69, 9.17) is 5.73 Å². The highest BCUT2D eigenvalue weighted by molar-refractivity contribution is 7.92. The third kappa shape index (κ3) is 2.82. The van der Waals surface area contributed by atoms with Gasteiger partial charge in [0.1, 0.15) is 0 Å². The SMILES string of the molecule is NC(c1ccc2c(c1)CCC(=O)N2)C1CCCCS1(=O)=O. The lowest BCUT2D eigenvalue weighted by Crippen LogP contribution is -2.38. The first kappa shape index (κ1) is 14.5. The summed E-state index contributed by atoms with van der Waals surface area (Å²) < 4.78 is 24.4. The molecule has 6 heteroatoms. The fourth-order valence-electron chi connectivity index (χ4n) is 3.21. The van der Waals surface area contributed by atoms with E-state index >= 15 is 0 Å². The van der Waals surface area contributed by atoms with E-state index < -0.39 is 21.1 Å². The molecule has 2 heterocycles. The van der Waals surface area contributed by atoms with Crippen molar-refractivity contribution in [1.82, 2.24) is 0 Å². The van der Waals surface area contributed by atoms with Crippen molar-refractivity contribution in [3.05, 3.63) is 29.3 Å². The van der Waals surface area contributed by atoms with Crippen LogP contribution in [0.4, 0.5) is 5.69 Å². The number of benzene rings is 1. The van der Waals surface area contributed by atoms with Crippen molar-refractivity contribution >= 4 is 21.4 Å². The van der Waals surface area contributed by atoms with Crippen LogP contribution in [0.25, 0.3) is 0 Å². The van der Waals surface area contributed by atoms with Gasteiger partial charge in [-0.25, -0.2) is 8.42 Å². The summed E-state index contributed by atoms with van der Waals surface area (Å²) in [7, 11) is -3.10. The maximum absolute atomic E-state index is 12.2. The van der Waals surface area contributed by atoms with Crippen LogP contribution in [0.1, 0.15) is 42.9 Å². The zero-order valence-electron chi connectivity index (χ0n) is 11.8. The van der Waals surface area contributed by atoms with Gasteiger partial charge >= 0.3 is 0 Å². The predicted octanol–water partition coefficient (Wildman–Crippen LogP) is 1.54. The highest BCUT2D eigenvalue weighted by Gasteiger charge is 2.34. The number of rotatable bonds is 2. The van der Waals surface area contributed by atoms with Crippen molar-refractivity contribution in [2.24, 2.45) is 5.73 Å². The first-order chi connectivity index (χ1) is 9.97. The van der Waals surface area contributed by atoms with Crippen LogP contribution in [0.2, 0.25) is 0 Å². The number of hydrogen-bond acceptors (Lipinski definition) is 4. The molecule has 1 aromatic carbocycles. The van der Waals surface area contributed by atoms with Crippen molar-refractivity contribution in [2.45, 2.75) is 43.4 Å². The zero-order valence-corrected chi connectivity index (χ0v) is 12.7. The fraction of sp³-hybridized carbons (Fsp3) is 0.533. The molecule has 114 valence electrons. The molecule has 0 bridgehead atoms. The number of nitrogens with two attached hydrogens (primary N) is 1. The Morgan fingerprint density at radius 1 is 1.24 bits per heavy atom. The van der Waals surface area contributed by atoms with Gasteiger partial charge in [0, 0.05) is 18.2 Å². The number of anilines is 1. The van der Waals surface area contributed by atoms with Gasteiger partial charge in [0.2, 0.25) is 5.91 Å². The van der Waals surface area contributed by atoms with Crippen molar-refractivity contribution in [3.8, 4) is 0 Å². The molecule has 21 heavy (non-hydrogen) atoms. The predicted molar refractivity (Wildman–Crippen MR) is 81.7 cm³/mol. The maximum Gasteiger partial charge on any atom is 0.224 e. The Morgan fingerprint density at radius 2 is 2.05 bits per heavy atom. The number of nitrogens with one attached hydrogen (secondary N) is 1. The Morgan fingerprint density at radius 3 is 2.81 bits per heavy atom. The van der Waals surface area contributed by atoms with E-state index in [-0.39, 0.29) is 11.7 Å². The van der Waals surface area contributed by atoms with E-state index in [0.717, 1.165) is 29.7 Å². The summed E-state index contributed by atoms with van der Waals surface area (Å²) >= 11 is 0. The third-order valence-corrected chi connectivity index (χ3v) is 6.75. The van der Waals surface area contributed by atoms with Gasteiger partial charge in [-0.2, -0.15) is 0 Å². The summed E-state index contributed by atoms with van der Waals surface area (Å²) in [6.45, 7) is 0. The molecule has 1 amide bonds. The van der Waals surface area contributed by atoms with Crippen LogP contribution in [-0.2, 0) is 21.1 Å². The quantitative estimate of drug-likeness (QED) is 0.867. The zero-order chi connectivity index (χ0) is 15.0. The van der Waals surface area contributed by atoms with Crippen LogP contribution in [0, 0.1) is 0 Å². The van der Waals surface area contributed by atoms with Crippen LogP contribution in [0.5, 0.6) is 0 Å². The molecule has 3 rings (SSSR count). The molecule has 0 spiro atoms. The van der Waals surface area contributed by atoms with Gasteiger partial charge in [-0.3, -0.25) is 4.79 Å². The minimum absolute atomic E-state index is 0.0226. The summed E-state index contributed by atoms with van der Waals surface area (Å²) in [5.41, 5.74) is 8.94. The Labute approximate surface area is 124 Å². The second-order valence-corrected chi connectivity index (χ2v) is 8.23. The minimum Gasteiger partial charge on any atom is -0.326 e. The molecule has 1 fully saturated rings. The van der Waals surface area contributed by atoms with Crippen molar-refractivity contribution in [1.29, 1.82) is 0 Å². The molecule has 0 aromatic heterocycles. The molecule has 0 radical (unpaired) electrons. The molecule has 1 saturated heterocycles. The average Bonchev–Trinajstić information content (AvgIpc) is 2.45. The number of carbonyl (C=O) groups is 1. The molecule has 1 aromatic rings. The highest BCUT2D eigenvalue weighted by atomic mass is 32.2. The summed E-state index contributed by atoms with van der Waals surface area (Å²) in [5, 5.41) is 2.34. The number of fused-ring (bicyclic) bond motifs is 1. The van der Waals surface area contributed by atoms with E-state index in [1.807, 2.05) is 18.2 Å². The Hall–Kier alpha value is -1.40. The topological polar surface area (TPSA) is 89.3 Å². The molecule has 2 aliphatic heterocycles. The van der Waals surface area contributed by atoms with Crippen LogP contribution >= 0.6 is 0 Å². The van der Waals surface area contributed by atoms with Gasteiger partial charge in [0.25, 0.3) is 0 Å². The molecular weight excluding hydrogens is 288 g/mol. The Balaban J connectivity index is 1.88. The Kier molecular flexibility index (Phi) is 3.75.